The maximum atomic E-state index is 9.99. The molecule has 0 aliphatic heterocycles. The number of ether oxygens (including phenoxy) is 3. The van der Waals surface area contributed by atoms with Crippen molar-refractivity contribution in [2.45, 2.75) is 6.92 Å². The van der Waals surface area contributed by atoms with Crippen molar-refractivity contribution in [1.82, 2.24) is 0 Å². The summed E-state index contributed by atoms with van der Waals surface area (Å²) in [6.45, 7) is 10.1. The molecule has 0 aromatic rings. The summed E-state index contributed by atoms with van der Waals surface area (Å²) in [5.74, 6) is -0.964. The second-order valence-corrected chi connectivity index (χ2v) is 2.26. The van der Waals surface area contributed by atoms with Gasteiger partial charge in [-0.15, -0.1) is 13.2 Å². The molecule has 0 saturated heterocycles. The summed E-state index contributed by atoms with van der Waals surface area (Å²) in [5, 5.41) is 8.20. The fourth-order valence-corrected chi connectivity index (χ4v) is 0.642. The molecule has 0 atom stereocenters. The second-order valence-electron chi connectivity index (χ2n) is 2.26. The Kier molecular flexibility index (Phi) is 17.1. The molecule has 0 aromatic heterocycles. The van der Waals surface area contributed by atoms with Crippen LogP contribution >= 0.6 is 0 Å². The molecule has 0 aliphatic rings. The summed E-state index contributed by atoms with van der Waals surface area (Å²) >= 11 is 0. The Morgan fingerprint density at radius 3 is 2.00 bits per heavy atom. The highest BCUT2D eigenvalue weighted by molar-refractivity contribution is 5.67. The molecule has 0 aromatic carbocycles. The molecule has 5 heteroatoms. The van der Waals surface area contributed by atoms with Crippen LogP contribution in [0.1, 0.15) is 6.92 Å². The van der Waals surface area contributed by atoms with Crippen molar-refractivity contribution in [2.24, 2.45) is 0 Å². The Labute approximate surface area is 90.6 Å². The quantitative estimate of drug-likeness (QED) is 0.463. The van der Waals surface area contributed by atoms with Crippen LogP contribution in [0.4, 0.5) is 0 Å². The van der Waals surface area contributed by atoms with Crippen molar-refractivity contribution in [2.75, 3.05) is 39.6 Å². The van der Waals surface area contributed by atoms with Crippen molar-refractivity contribution >= 4 is 5.97 Å². The number of carbonyl (C=O) groups is 1. The number of carboxylic acid groups (broad SMARTS) is 1. The maximum absolute atomic E-state index is 9.99. The van der Waals surface area contributed by atoms with Crippen molar-refractivity contribution in [3.8, 4) is 0 Å². The van der Waals surface area contributed by atoms with E-state index in [1.807, 2.05) is 6.92 Å². The van der Waals surface area contributed by atoms with Gasteiger partial charge >= 0.3 is 5.97 Å². The predicted octanol–water partition coefficient (Wildman–Crippen LogP) is 0.943. The Bertz CT molecular complexity index is 138. The summed E-state index contributed by atoms with van der Waals surface area (Å²) in [7, 11) is 0. The number of aliphatic carboxylic acids is 1. The first kappa shape index (κ1) is 16.5. The molecule has 5 nitrogen and oxygen atoms in total. The minimum Gasteiger partial charge on any atom is -0.480 e. The van der Waals surface area contributed by atoms with Crippen LogP contribution in [-0.4, -0.2) is 50.7 Å². The largest absolute Gasteiger partial charge is 0.480 e. The SMILES string of the molecule is C=C.CCOCCOCCOCC(=O)O. The van der Waals surface area contributed by atoms with Gasteiger partial charge in [-0.2, -0.15) is 0 Å². The third-order valence-corrected chi connectivity index (χ3v) is 1.17. The molecular weight excluding hydrogens is 200 g/mol. The van der Waals surface area contributed by atoms with Crippen molar-refractivity contribution in [3.05, 3.63) is 13.2 Å². The van der Waals surface area contributed by atoms with Crippen molar-refractivity contribution < 1.29 is 24.1 Å². The number of rotatable bonds is 9. The molecule has 0 heterocycles. The molecule has 0 rings (SSSR count). The second kappa shape index (κ2) is 15.6. The van der Waals surface area contributed by atoms with Crippen LogP contribution in [0.2, 0.25) is 0 Å². The highest BCUT2D eigenvalue weighted by atomic mass is 16.5. The molecule has 0 saturated carbocycles. The predicted molar refractivity (Wildman–Crippen MR) is 57.0 cm³/mol. The fourth-order valence-electron chi connectivity index (χ4n) is 0.642. The zero-order chi connectivity index (χ0) is 11.9. The molecule has 0 bridgehead atoms. The molecule has 1 N–H and O–H groups in total. The minimum absolute atomic E-state index is 0.269. The van der Waals surface area contributed by atoms with Gasteiger partial charge in [0.05, 0.1) is 26.4 Å². The normalized spacial score (nSPS) is 9.13. The van der Waals surface area contributed by atoms with E-state index in [0.717, 1.165) is 0 Å². The molecule has 0 unspecified atom stereocenters. The Hall–Kier alpha value is -0.910. The van der Waals surface area contributed by atoms with Gasteiger partial charge in [0, 0.05) is 6.61 Å². The molecule has 0 fully saturated rings. The van der Waals surface area contributed by atoms with Gasteiger partial charge in [-0.05, 0) is 6.92 Å². The lowest BCUT2D eigenvalue weighted by Gasteiger charge is -2.03. The molecule has 0 amide bonds. The lowest BCUT2D eigenvalue weighted by atomic mass is 10.7. The van der Waals surface area contributed by atoms with Gasteiger partial charge in [0.25, 0.3) is 0 Å². The van der Waals surface area contributed by atoms with Crippen LogP contribution in [0.25, 0.3) is 0 Å². The number of carboxylic acids is 1. The van der Waals surface area contributed by atoms with Gasteiger partial charge in [-0.3, -0.25) is 0 Å². The van der Waals surface area contributed by atoms with Gasteiger partial charge < -0.3 is 19.3 Å². The smallest absolute Gasteiger partial charge is 0.329 e. The van der Waals surface area contributed by atoms with Crippen LogP contribution in [0.15, 0.2) is 13.2 Å². The first-order valence-corrected chi connectivity index (χ1v) is 4.72. The zero-order valence-electron chi connectivity index (χ0n) is 9.24. The van der Waals surface area contributed by atoms with Gasteiger partial charge in [-0.1, -0.05) is 0 Å². The Balaban J connectivity index is 0. The standard InChI is InChI=1S/C8H16O5.C2H4/c1-2-11-3-4-12-5-6-13-7-8(9)10;1-2/h2-7H2,1H3,(H,9,10);1-2H2. The highest BCUT2D eigenvalue weighted by Gasteiger charge is 1.95. The van der Waals surface area contributed by atoms with Crippen LogP contribution in [0.3, 0.4) is 0 Å². The van der Waals surface area contributed by atoms with Gasteiger partial charge in [0.15, 0.2) is 0 Å². The topological polar surface area (TPSA) is 65.0 Å². The van der Waals surface area contributed by atoms with E-state index in [9.17, 15) is 4.79 Å². The van der Waals surface area contributed by atoms with E-state index in [0.29, 0.717) is 33.0 Å². The first-order chi connectivity index (χ1) is 7.27. The summed E-state index contributed by atoms with van der Waals surface area (Å²) in [6, 6.07) is 0. The summed E-state index contributed by atoms with van der Waals surface area (Å²) < 4.78 is 14.8. The van der Waals surface area contributed by atoms with E-state index in [1.165, 1.54) is 0 Å². The average molecular weight is 220 g/mol. The van der Waals surface area contributed by atoms with Crippen LogP contribution in [0, 0.1) is 0 Å². The molecule has 0 aliphatic carbocycles. The van der Waals surface area contributed by atoms with Gasteiger partial charge in [-0.25, -0.2) is 4.79 Å². The average Bonchev–Trinajstić information content (AvgIpc) is 2.24. The summed E-state index contributed by atoms with van der Waals surface area (Å²) in [4.78, 5) is 9.99. The van der Waals surface area contributed by atoms with E-state index in [4.69, 9.17) is 19.3 Å². The van der Waals surface area contributed by atoms with E-state index in [1.54, 1.807) is 0 Å². The molecule has 15 heavy (non-hydrogen) atoms. The van der Waals surface area contributed by atoms with Crippen LogP contribution in [0.5, 0.6) is 0 Å². The van der Waals surface area contributed by atoms with E-state index >= 15 is 0 Å². The van der Waals surface area contributed by atoms with E-state index in [2.05, 4.69) is 13.2 Å². The van der Waals surface area contributed by atoms with Crippen LogP contribution in [-0.2, 0) is 19.0 Å². The lowest BCUT2D eigenvalue weighted by molar-refractivity contribution is -0.142. The van der Waals surface area contributed by atoms with Gasteiger partial charge in [0.1, 0.15) is 6.61 Å². The van der Waals surface area contributed by atoms with E-state index in [-0.39, 0.29) is 6.61 Å². The molecule has 90 valence electrons. The Morgan fingerprint density at radius 2 is 1.53 bits per heavy atom. The van der Waals surface area contributed by atoms with Crippen molar-refractivity contribution in [3.63, 3.8) is 0 Å². The molecule has 0 spiro atoms. The monoisotopic (exact) mass is 220 g/mol. The molecule has 0 radical (unpaired) electrons. The highest BCUT2D eigenvalue weighted by Crippen LogP contribution is 1.80. The van der Waals surface area contributed by atoms with E-state index < -0.39 is 5.97 Å². The third-order valence-electron chi connectivity index (χ3n) is 1.17. The van der Waals surface area contributed by atoms with Crippen molar-refractivity contribution in [1.29, 1.82) is 0 Å². The van der Waals surface area contributed by atoms with Crippen LogP contribution < -0.4 is 0 Å². The summed E-state index contributed by atoms with van der Waals surface area (Å²) in [6.07, 6.45) is 0. The maximum Gasteiger partial charge on any atom is 0.329 e. The zero-order valence-corrected chi connectivity index (χ0v) is 9.24. The van der Waals surface area contributed by atoms with Gasteiger partial charge in [0.2, 0.25) is 0 Å². The Morgan fingerprint density at radius 1 is 1.07 bits per heavy atom. The lowest BCUT2D eigenvalue weighted by Crippen LogP contribution is -2.13. The minimum atomic E-state index is -0.964. The fraction of sp³-hybridized carbons (Fsp3) is 0.700. The molecular formula is C10H20O5. The number of hydrogen-bond donors (Lipinski definition) is 1. The number of hydrogen-bond acceptors (Lipinski definition) is 4. The third kappa shape index (κ3) is 19.5. The summed E-state index contributed by atoms with van der Waals surface area (Å²) in [5.41, 5.74) is 0. The first-order valence-electron chi connectivity index (χ1n) is 4.72.